The lowest BCUT2D eigenvalue weighted by Gasteiger charge is -2.38. The lowest BCUT2D eigenvalue weighted by atomic mass is 9.78. The van der Waals surface area contributed by atoms with Gasteiger partial charge in [-0.3, -0.25) is 4.90 Å². The maximum Gasteiger partial charge on any atom is 0.0627 e. The molecule has 1 heterocycles. The molecule has 0 bridgehead atoms. The quantitative estimate of drug-likeness (QED) is 0.552. The van der Waals surface area contributed by atoms with Crippen molar-refractivity contribution >= 4 is 11.9 Å². The number of hydrogen-bond acceptors (Lipinski definition) is 4. The number of rotatable bonds is 7. The molecule has 0 saturated carbocycles. The van der Waals surface area contributed by atoms with Crippen molar-refractivity contribution in [2.75, 3.05) is 25.9 Å². The van der Waals surface area contributed by atoms with Crippen molar-refractivity contribution in [2.24, 2.45) is 5.41 Å². The highest BCUT2D eigenvalue weighted by atomic mass is 32.2. The Morgan fingerprint density at radius 1 is 1.41 bits per heavy atom. The number of nitriles is 1. The Labute approximate surface area is 141 Å². The van der Waals surface area contributed by atoms with E-state index >= 15 is 0 Å². The normalized spacial score (nSPS) is 17.7. The van der Waals surface area contributed by atoms with E-state index < -0.39 is 0 Å². The summed E-state index contributed by atoms with van der Waals surface area (Å²) in [5.41, 5.74) is 2.29. The topological polar surface area (TPSA) is 39.1 Å². The molecule has 22 heavy (non-hydrogen) atoms. The van der Waals surface area contributed by atoms with Crippen molar-refractivity contribution in [2.45, 2.75) is 40.0 Å². The van der Waals surface area contributed by atoms with Gasteiger partial charge in [-0.2, -0.15) is 5.26 Å². The van der Waals surface area contributed by atoms with E-state index in [4.69, 9.17) is 5.26 Å². The molecule has 1 aliphatic heterocycles. The van der Waals surface area contributed by atoms with Crippen molar-refractivity contribution in [3.8, 4) is 6.07 Å². The van der Waals surface area contributed by atoms with Gasteiger partial charge >= 0.3 is 0 Å². The number of likely N-dealkylation sites (tertiary alicyclic amines) is 1. The summed E-state index contributed by atoms with van der Waals surface area (Å²) in [5, 5.41) is 8.87. The van der Waals surface area contributed by atoms with E-state index in [9.17, 15) is 0 Å². The average Bonchev–Trinajstić information content (AvgIpc) is 2.51. The number of hydrogen-bond donors (Lipinski definition) is 1. The van der Waals surface area contributed by atoms with Gasteiger partial charge in [-0.25, -0.2) is 0 Å². The number of allylic oxidation sites excluding steroid dienone is 1. The Morgan fingerprint density at radius 3 is 2.45 bits per heavy atom. The Balaban J connectivity index is 0.00000211. The zero-order valence-electron chi connectivity index (χ0n) is 14.6. The standard InChI is InChI=1S/C16H25N3S.C2H6/c1-5-15(18-20-4)12-14(2)13-19-10-7-16(3,6-9-17)8-11-19;1-2/h5,12,18H,1-2,6-8,10-11,13H2,3-4H3;1-2H3/b15-12+;. The molecule has 0 aromatic heterocycles. The van der Waals surface area contributed by atoms with Gasteiger partial charge in [0.15, 0.2) is 0 Å². The molecule has 0 unspecified atom stereocenters. The Kier molecular flexibility index (Phi) is 10.8. The summed E-state index contributed by atoms with van der Waals surface area (Å²) in [6.07, 6.45) is 8.69. The maximum absolute atomic E-state index is 8.87. The van der Waals surface area contributed by atoms with Crippen LogP contribution >= 0.6 is 11.9 Å². The van der Waals surface area contributed by atoms with Gasteiger partial charge in [0.2, 0.25) is 0 Å². The molecular formula is C18H31N3S. The Bertz CT molecular complexity index is 413. The molecule has 0 spiro atoms. The molecule has 0 radical (unpaired) electrons. The number of piperidine rings is 1. The third-order valence-electron chi connectivity index (χ3n) is 3.80. The predicted molar refractivity (Wildman–Crippen MR) is 99.4 cm³/mol. The molecule has 0 amide bonds. The minimum Gasteiger partial charge on any atom is -0.330 e. The van der Waals surface area contributed by atoms with Crippen molar-refractivity contribution in [3.05, 3.63) is 36.6 Å². The Morgan fingerprint density at radius 2 is 2.00 bits per heavy atom. The fraction of sp³-hybridized carbons (Fsp3) is 0.611. The summed E-state index contributed by atoms with van der Waals surface area (Å²) < 4.78 is 3.17. The summed E-state index contributed by atoms with van der Waals surface area (Å²) in [7, 11) is 0. The zero-order valence-corrected chi connectivity index (χ0v) is 15.4. The molecule has 1 fully saturated rings. The highest BCUT2D eigenvalue weighted by Gasteiger charge is 2.29. The van der Waals surface area contributed by atoms with Crippen molar-refractivity contribution in [1.29, 1.82) is 5.26 Å². The molecule has 4 heteroatoms. The first-order chi connectivity index (χ1) is 10.5. The lowest BCUT2D eigenvalue weighted by Crippen LogP contribution is -2.39. The van der Waals surface area contributed by atoms with Crippen molar-refractivity contribution < 1.29 is 0 Å². The minimum absolute atomic E-state index is 0.203. The van der Waals surface area contributed by atoms with Gasteiger partial charge in [-0.05, 0) is 49.1 Å². The second kappa shape index (κ2) is 11.4. The van der Waals surface area contributed by atoms with Crippen LogP contribution in [0.2, 0.25) is 0 Å². The van der Waals surface area contributed by atoms with Crippen LogP contribution in [-0.4, -0.2) is 30.8 Å². The molecule has 1 N–H and O–H groups in total. The van der Waals surface area contributed by atoms with Gasteiger partial charge in [0.05, 0.1) is 6.07 Å². The van der Waals surface area contributed by atoms with Crippen LogP contribution in [0.1, 0.15) is 40.0 Å². The molecule has 0 aromatic carbocycles. The summed E-state index contributed by atoms with van der Waals surface area (Å²) in [5.74, 6) is 0. The van der Waals surface area contributed by atoms with Crippen molar-refractivity contribution in [3.63, 3.8) is 0 Å². The van der Waals surface area contributed by atoms with Crippen LogP contribution < -0.4 is 4.72 Å². The van der Waals surface area contributed by atoms with E-state index in [-0.39, 0.29) is 5.41 Å². The summed E-state index contributed by atoms with van der Waals surface area (Å²) >= 11 is 1.55. The largest absolute Gasteiger partial charge is 0.330 e. The summed E-state index contributed by atoms with van der Waals surface area (Å²) in [6, 6.07) is 2.31. The van der Waals surface area contributed by atoms with Crippen LogP contribution in [0.4, 0.5) is 0 Å². The van der Waals surface area contributed by atoms with Crippen LogP contribution in [0.3, 0.4) is 0 Å². The zero-order chi connectivity index (χ0) is 17.0. The highest BCUT2D eigenvalue weighted by Crippen LogP contribution is 2.34. The molecule has 3 nitrogen and oxygen atoms in total. The van der Waals surface area contributed by atoms with Crippen LogP contribution in [0.25, 0.3) is 0 Å². The minimum atomic E-state index is 0.203. The predicted octanol–water partition coefficient (Wildman–Crippen LogP) is 4.52. The first kappa shape index (κ1) is 20.8. The molecular weight excluding hydrogens is 290 g/mol. The molecule has 124 valence electrons. The smallest absolute Gasteiger partial charge is 0.0627 e. The summed E-state index contributed by atoms with van der Waals surface area (Å²) in [4.78, 5) is 2.41. The van der Waals surface area contributed by atoms with E-state index in [1.807, 2.05) is 32.3 Å². The maximum atomic E-state index is 8.87. The van der Waals surface area contributed by atoms with E-state index in [1.165, 1.54) is 0 Å². The SMILES string of the molecule is C=C/C(=C\C(=C)CN1CCC(C)(CC#N)CC1)NSC.CC. The number of nitrogens with zero attached hydrogens (tertiary/aromatic N) is 2. The fourth-order valence-electron chi connectivity index (χ4n) is 2.42. The molecule has 0 aromatic rings. The third-order valence-corrected chi connectivity index (χ3v) is 4.23. The van der Waals surface area contributed by atoms with Gasteiger partial charge < -0.3 is 4.72 Å². The monoisotopic (exact) mass is 321 g/mol. The second-order valence-electron chi connectivity index (χ2n) is 5.69. The van der Waals surface area contributed by atoms with Gasteiger partial charge in [0, 0.05) is 24.9 Å². The van der Waals surface area contributed by atoms with Gasteiger partial charge in [-0.1, -0.05) is 45.9 Å². The van der Waals surface area contributed by atoms with E-state index in [0.717, 1.165) is 43.7 Å². The van der Waals surface area contributed by atoms with Gasteiger partial charge in [0.1, 0.15) is 0 Å². The number of nitrogens with one attached hydrogen (secondary N) is 1. The lowest BCUT2D eigenvalue weighted by molar-refractivity contribution is 0.130. The van der Waals surface area contributed by atoms with Crippen LogP contribution in [-0.2, 0) is 0 Å². The Hall–Kier alpha value is -1.18. The van der Waals surface area contributed by atoms with E-state index in [0.29, 0.717) is 6.42 Å². The van der Waals surface area contributed by atoms with E-state index in [2.05, 4.69) is 35.8 Å². The van der Waals surface area contributed by atoms with Crippen LogP contribution in [0, 0.1) is 16.7 Å². The van der Waals surface area contributed by atoms with E-state index in [1.54, 1.807) is 11.9 Å². The molecule has 1 rings (SSSR count). The van der Waals surface area contributed by atoms with Crippen molar-refractivity contribution in [1.82, 2.24) is 9.62 Å². The second-order valence-corrected chi connectivity index (χ2v) is 6.30. The molecule has 0 atom stereocenters. The highest BCUT2D eigenvalue weighted by molar-refractivity contribution is 7.96. The average molecular weight is 322 g/mol. The molecule has 1 saturated heterocycles. The van der Waals surface area contributed by atoms with Gasteiger partial charge in [0.25, 0.3) is 0 Å². The molecule has 1 aliphatic rings. The summed E-state index contributed by atoms with van der Waals surface area (Å²) in [6.45, 7) is 17.1. The van der Waals surface area contributed by atoms with Crippen LogP contribution in [0.15, 0.2) is 36.6 Å². The van der Waals surface area contributed by atoms with Crippen LogP contribution in [0.5, 0.6) is 0 Å². The first-order valence-electron chi connectivity index (χ1n) is 7.93. The molecule has 0 aliphatic carbocycles. The third kappa shape index (κ3) is 7.72. The van der Waals surface area contributed by atoms with Gasteiger partial charge in [-0.15, -0.1) is 0 Å². The first-order valence-corrected chi connectivity index (χ1v) is 9.16. The fourth-order valence-corrected chi connectivity index (χ4v) is 2.80.